The number of hydrogen-bond acceptors (Lipinski definition) is 2. The van der Waals surface area contributed by atoms with Crippen LogP contribution < -0.4 is 11.1 Å². The summed E-state index contributed by atoms with van der Waals surface area (Å²) in [5.41, 5.74) is 8.49. The van der Waals surface area contributed by atoms with Crippen LogP contribution in [0.3, 0.4) is 0 Å². The first-order valence-corrected chi connectivity index (χ1v) is 7.20. The maximum absolute atomic E-state index is 12.3. The van der Waals surface area contributed by atoms with Crippen molar-refractivity contribution in [2.24, 2.45) is 11.7 Å². The van der Waals surface area contributed by atoms with Crippen molar-refractivity contribution in [3.63, 3.8) is 0 Å². The van der Waals surface area contributed by atoms with Gasteiger partial charge in [0.15, 0.2) is 0 Å². The summed E-state index contributed by atoms with van der Waals surface area (Å²) in [6.07, 6.45) is 3.12. The van der Waals surface area contributed by atoms with Crippen LogP contribution in [-0.4, -0.2) is 18.5 Å². The van der Waals surface area contributed by atoms with Crippen LogP contribution in [0.1, 0.15) is 43.7 Å². The summed E-state index contributed by atoms with van der Waals surface area (Å²) in [6.45, 7) is 4.72. The molecule has 0 aliphatic heterocycles. The summed E-state index contributed by atoms with van der Waals surface area (Å²) in [5.74, 6) is 0.520. The van der Waals surface area contributed by atoms with E-state index in [1.807, 2.05) is 12.1 Å². The molecule has 2 rings (SSSR count). The summed E-state index contributed by atoms with van der Waals surface area (Å²) in [5, 5.41) is 3.01. The molecule has 1 aromatic rings. The molecule has 1 aromatic carbocycles. The van der Waals surface area contributed by atoms with Crippen molar-refractivity contribution < 1.29 is 4.79 Å². The topological polar surface area (TPSA) is 55.1 Å². The molecule has 0 fully saturated rings. The standard InChI is InChI=1S/C16H24N2O/c1-11(2)15(17)10-18-16(19)14-9-5-7-12-6-3-4-8-13(12)14/h3-4,6,8,11,14-15H,5,7,9-10,17H2,1-2H3,(H,18,19). The highest BCUT2D eigenvalue weighted by Gasteiger charge is 2.26. The lowest BCUT2D eigenvalue weighted by Gasteiger charge is -2.25. The van der Waals surface area contributed by atoms with Crippen LogP contribution in [0.25, 0.3) is 0 Å². The molecule has 0 radical (unpaired) electrons. The Balaban J connectivity index is 2.01. The zero-order valence-electron chi connectivity index (χ0n) is 11.9. The van der Waals surface area contributed by atoms with Crippen LogP contribution in [0.4, 0.5) is 0 Å². The number of hydrogen-bond donors (Lipinski definition) is 2. The minimum Gasteiger partial charge on any atom is -0.354 e. The fourth-order valence-corrected chi connectivity index (χ4v) is 2.60. The minimum atomic E-state index is 0.00399. The normalized spacial score (nSPS) is 19.9. The smallest absolute Gasteiger partial charge is 0.227 e. The van der Waals surface area contributed by atoms with Gasteiger partial charge in [-0.25, -0.2) is 0 Å². The zero-order chi connectivity index (χ0) is 13.8. The number of nitrogens with two attached hydrogens (primary N) is 1. The van der Waals surface area contributed by atoms with Gasteiger partial charge in [0.1, 0.15) is 0 Å². The fraction of sp³-hybridized carbons (Fsp3) is 0.562. The van der Waals surface area contributed by atoms with Crippen LogP contribution in [0.5, 0.6) is 0 Å². The molecule has 104 valence electrons. The van der Waals surface area contributed by atoms with E-state index in [0.29, 0.717) is 12.5 Å². The first kappa shape index (κ1) is 14.1. The molecule has 3 N–H and O–H groups in total. The Morgan fingerprint density at radius 3 is 2.89 bits per heavy atom. The molecule has 1 aliphatic rings. The third-order valence-electron chi connectivity index (χ3n) is 4.05. The van der Waals surface area contributed by atoms with Crippen molar-refractivity contribution >= 4 is 5.91 Å². The van der Waals surface area contributed by atoms with Gasteiger partial charge in [0.25, 0.3) is 0 Å². The Hall–Kier alpha value is -1.35. The van der Waals surface area contributed by atoms with Gasteiger partial charge in [0.05, 0.1) is 5.92 Å². The Morgan fingerprint density at radius 1 is 1.42 bits per heavy atom. The van der Waals surface area contributed by atoms with E-state index in [2.05, 4.69) is 31.3 Å². The monoisotopic (exact) mass is 260 g/mol. The molecule has 0 saturated heterocycles. The summed E-state index contributed by atoms with van der Waals surface area (Å²) >= 11 is 0. The van der Waals surface area contributed by atoms with Gasteiger partial charge in [-0.15, -0.1) is 0 Å². The zero-order valence-corrected chi connectivity index (χ0v) is 11.9. The van der Waals surface area contributed by atoms with Crippen molar-refractivity contribution in [3.05, 3.63) is 35.4 Å². The molecule has 2 atom stereocenters. The van der Waals surface area contributed by atoms with Crippen LogP contribution in [-0.2, 0) is 11.2 Å². The third kappa shape index (κ3) is 3.35. The SMILES string of the molecule is CC(C)C(N)CNC(=O)C1CCCc2ccccc21. The highest BCUT2D eigenvalue weighted by atomic mass is 16.1. The van der Waals surface area contributed by atoms with Gasteiger partial charge in [0.2, 0.25) is 5.91 Å². The van der Waals surface area contributed by atoms with Crippen molar-refractivity contribution in [1.82, 2.24) is 5.32 Å². The molecule has 3 heteroatoms. The first-order valence-electron chi connectivity index (χ1n) is 7.20. The van der Waals surface area contributed by atoms with E-state index >= 15 is 0 Å². The summed E-state index contributed by atoms with van der Waals surface area (Å²) < 4.78 is 0. The lowest BCUT2D eigenvalue weighted by Crippen LogP contribution is -2.42. The van der Waals surface area contributed by atoms with Gasteiger partial charge >= 0.3 is 0 Å². The number of rotatable bonds is 4. The highest BCUT2D eigenvalue weighted by Crippen LogP contribution is 2.31. The molecule has 0 bridgehead atoms. The lowest BCUT2D eigenvalue weighted by molar-refractivity contribution is -0.123. The van der Waals surface area contributed by atoms with E-state index in [0.717, 1.165) is 19.3 Å². The Morgan fingerprint density at radius 2 is 2.16 bits per heavy atom. The summed E-state index contributed by atoms with van der Waals surface area (Å²) in [6, 6.07) is 8.32. The molecular weight excluding hydrogens is 236 g/mol. The molecule has 1 aliphatic carbocycles. The number of carbonyl (C=O) groups is 1. The summed E-state index contributed by atoms with van der Waals surface area (Å²) in [4.78, 5) is 12.3. The number of carbonyl (C=O) groups excluding carboxylic acids is 1. The highest BCUT2D eigenvalue weighted by molar-refractivity contribution is 5.84. The molecular formula is C16H24N2O. The maximum atomic E-state index is 12.3. The van der Waals surface area contributed by atoms with Crippen LogP contribution >= 0.6 is 0 Å². The van der Waals surface area contributed by atoms with Gasteiger partial charge in [-0.3, -0.25) is 4.79 Å². The van der Waals surface area contributed by atoms with Crippen molar-refractivity contribution in [3.8, 4) is 0 Å². The molecule has 1 amide bonds. The average molecular weight is 260 g/mol. The van der Waals surface area contributed by atoms with Crippen molar-refractivity contribution in [2.45, 2.75) is 45.1 Å². The van der Waals surface area contributed by atoms with Crippen LogP contribution in [0.15, 0.2) is 24.3 Å². The molecule has 0 saturated carbocycles. The molecule has 0 aromatic heterocycles. The molecule has 19 heavy (non-hydrogen) atoms. The number of amides is 1. The average Bonchev–Trinajstić information content (AvgIpc) is 2.43. The van der Waals surface area contributed by atoms with Gasteiger partial charge < -0.3 is 11.1 Å². The lowest BCUT2D eigenvalue weighted by atomic mass is 9.82. The van der Waals surface area contributed by atoms with Crippen molar-refractivity contribution in [1.29, 1.82) is 0 Å². The Labute approximate surface area is 115 Å². The second-order valence-corrected chi connectivity index (χ2v) is 5.80. The molecule has 3 nitrogen and oxygen atoms in total. The quantitative estimate of drug-likeness (QED) is 0.872. The van der Waals surface area contributed by atoms with Gasteiger partial charge in [-0.1, -0.05) is 38.1 Å². The number of fused-ring (bicyclic) bond motifs is 1. The van der Waals surface area contributed by atoms with Crippen LogP contribution in [0.2, 0.25) is 0 Å². The van der Waals surface area contributed by atoms with E-state index in [1.54, 1.807) is 0 Å². The maximum Gasteiger partial charge on any atom is 0.227 e. The predicted molar refractivity (Wildman–Crippen MR) is 77.9 cm³/mol. The molecule has 0 spiro atoms. The van der Waals surface area contributed by atoms with Gasteiger partial charge in [0, 0.05) is 12.6 Å². The van der Waals surface area contributed by atoms with Gasteiger partial charge in [-0.2, -0.15) is 0 Å². The van der Waals surface area contributed by atoms with E-state index in [1.165, 1.54) is 11.1 Å². The third-order valence-corrected chi connectivity index (χ3v) is 4.05. The van der Waals surface area contributed by atoms with E-state index in [9.17, 15) is 4.79 Å². The fourth-order valence-electron chi connectivity index (χ4n) is 2.60. The largest absolute Gasteiger partial charge is 0.354 e. The number of aryl methyl sites for hydroxylation is 1. The van der Waals surface area contributed by atoms with E-state index in [4.69, 9.17) is 5.73 Å². The second-order valence-electron chi connectivity index (χ2n) is 5.80. The second kappa shape index (κ2) is 6.20. The van der Waals surface area contributed by atoms with Crippen LogP contribution in [0, 0.1) is 5.92 Å². The number of benzene rings is 1. The number of nitrogens with one attached hydrogen (secondary N) is 1. The molecule has 0 heterocycles. The summed E-state index contributed by atoms with van der Waals surface area (Å²) in [7, 11) is 0. The molecule has 2 unspecified atom stereocenters. The van der Waals surface area contributed by atoms with Crippen molar-refractivity contribution in [2.75, 3.05) is 6.54 Å². The first-order chi connectivity index (χ1) is 9.09. The van der Waals surface area contributed by atoms with Gasteiger partial charge in [-0.05, 0) is 36.3 Å². The van der Waals surface area contributed by atoms with E-state index in [-0.39, 0.29) is 17.9 Å². The minimum absolute atomic E-state index is 0.00399. The Bertz CT molecular complexity index is 442. The predicted octanol–water partition coefficient (Wildman–Crippen LogP) is 2.21. The Kier molecular flexibility index (Phi) is 4.59. The van der Waals surface area contributed by atoms with E-state index < -0.39 is 0 Å².